The number of para-hydroxylation sites is 1. The summed E-state index contributed by atoms with van der Waals surface area (Å²) in [5.41, 5.74) is 0.765. The summed E-state index contributed by atoms with van der Waals surface area (Å²) in [4.78, 5) is 27.0. The average molecular weight is 308 g/mol. The van der Waals surface area contributed by atoms with Gasteiger partial charge in [-0.05, 0) is 35.1 Å². The summed E-state index contributed by atoms with van der Waals surface area (Å²) in [5, 5.41) is 21.6. The van der Waals surface area contributed by atoms with Gasteiger partial charge in [0.05, 0.1) is 0 Å². The Morgan fingerprint density at radius 3 is 2.61 bits per heavy atom. The van der Waals surface area contributed by atoms with Crippen LogP contribution >= 0.6 is 0 Å². The van der Waals surface area contributed by atoms with Crippen LogP contribution in [0.5, 0.6) is 0 Å². The van der Waals surface area contributed by atoms with E-state index in [0.717, 1.165) is 5.39 Å². The highest BCUT2D eigenvalue weighted by molar-refractivity contribution is 6.58. The SMILES string of the molecule is O=C(Nc1cccc(B(O)O)c1)c1cc2ccccc2[nH]c1=O. The van der Waals surface area contributed by atoms with Crippen molar-refractivity contribution < 1.29 is 14.8 Å². The van der Waals surface area contributed by atoms with Crippen LogP contribution in [0.1, 0.15) is 10.4 Å². The van der Waals surface area contributed by atoms with E-state index in [-0.39, 0.29) is 11.0 Å². The summed E-state index contributed by atoms with van der Waals surface area (Å²) in [7, 11) is -1.63. The highest BCUT2D eigenvalue weighted by Gasteiger charge is 2.14. The van der Waals surface area contributed by atoms with Crippen molar-refractivity contribution in [2.45, 2.75) is 0 Å². The molecule has 0 saturated heterocycles. The quantitative estimate of drug-likeness (QED) is 0.528. The van der Waals surface area contributed by atoms with E-state index in [0.29, 0.717) is 11.2 Å². The molecule has 0 atom stereocenters. The van der Waals surface area contributed by atoms with Gasteiger partial charge < -0.3 is 20.3 Å². The Morgan fingerprint density at radius 1 is 1.04 bits per heavy atom. The third kappa shape index (κ3) is 3.15. The van der Waals surface area contributed by atoms with Gasteiger partial charge in [0.25, 0.3) is 11.5 Å². The number of amides is 1. The molecule has 0 aliphatic rings. The second-order valence-electron chi connectivity index (χ2n) is 5.05. The fourth-order valence-electron chi connectivity index (χ4n) is 2.29. The summed E-state index contributed by atoms with van der Waals surface area (Å²) in [5.74, 6) is -0.568. The Bertz CT molecular complexity index is 937. The third-order valence-electron chi connectivity index (χ3n) is 3.44. The number of pyridine rings is 1. The maximum atomic E-state index is 12.3. The van der Waals surface area contributed by atoms with Crippen LogP contribution in [-0.4, -0.2) is 28.1 Å². The van der Waals surface area contributed by atoms with E-state index >= 15 is 0 Å². The van der Waals surface area contributed by atoms with Gasteiger partial charge in [-0.15, -0.1) is 0 Å². The monoisotopic (exact) mass is 308 g/mol. The molecular formula is C16H13BN2O4. The lowest BCUT2D eigenvalue weighted by atomic mass is 9.80. The number of nitrogens with one attached hydrogen (secondary N) is 2. The van der Waals surface area contributed by atoms with Crippen molar-refractivity contribution in [2.24, 2.45) is 0 Å². The molecule has 114 valence electrons. The highest BCUT2D eigenvalue weighted by Crippen LogP contribution is 2.12. The molecule has 3 rings (SSSR count). The molecule has 3 aromatic rings. The van der Waals surface area contributed by atoms with E-state index in [1.165, 1.54) is 18.2 Å². The van der Waals surface area contributed by atoms with Crippen LogP contribution in [0.25, 0.3) is 10.9 Å². The normalized spacial score (nSPS) is 10.5. The van der Waals surface area contributed by atoms with E-state index < -0.39 is 18.6 Å². The Labute approximate surface area is 131 Å². The number of hydrogen-bond acceptors (Lipinski definition) is 4. The fraction of sp³-hybridized carbons (Fsp3) is 0. The molecule has 1 aromatic heterocycles. The van der Waals surface area contributed by atoms with Gasteiger partial charge in [0.15, 0.2) is 0 Å². The molecular weight excluding hydrogens is 295 g/mol. The van der Waals surface area contributed by atoms with Crippen LogP contribution in [0.4, 0.5) is 5.69 Å². The minimum Gasteiger partial charge on any atom is -0.423 e. The second-order valence-corrected chi connectivity index (χ2v) is 5.05. The maximum Gasteiger partial charge on any atom is 0.488 e. The minimum atomic E-state index is -1.63. The first-order valence-electron chi connectivity index (χ1n) is 6.94. The van der Waals surface area contributed by atoms with Gasteiger partial charge in [-0.2, -0.15) is 0 Å². The lowest BCUT2D eigenvalue weighted by Gasteiger charge is -2.07. The van der Waals surface area contributed by atoms with E-state index in [1.807, 2.05) is 6.07 Å². The van der Waals surface area contributed by atoms with E-state index in [9.17, 15) is 9.59 Å². The number of benzene rings is 2. The number of H-pyrrole nitrogens is 1. The van der Waals surface area contributed by atoms with Crippen molar-refractivity contribution in [2.75, 3.05) is 5.32 Å². The third-order valence-corrected chi connectivity index (χ3v) is 3.44. The first-order chi connectivity index (χ1) is 11.0. The average Bonchev–Trinajstić information content (AvgIpc) is 2.54. The lowest BCUT2D eigenvalue weighted by Crippen LogP contribution is -2.30. The molecule has 0 aliphatic heterocycles. The van der Waals surface area contributed by atoms with Crippen LogP contribution in [0.2, 0.25) is 0 Å². The second kappa shape index (κ2) is 6.08. The van der Waals surface area contributed by atoms with Gasteiger partial charge in [-0.1, -0.05) is 30.3 Å². The van der Waals surface area contributed by atoms with Crippen LogP contribution in [0.3, 0.4) is 0 Å². The Hall–Kier alpha value is -2.90. The van der Waals surface area contributed by atoms with Crippen LogP contribution in [0.15, 0.2) is 59.4 Å². The molecule has 0 saturated carbocycles. The molecule has 0 spiro atoms. The predicted molar refractivity (Wildman–Crippen MR) is 88.8 cm³/mol. The van der Waals surface area contributed by atoms with Gasteiger partial charge in [0, 0.05) is 11.2 Å². The summed E-state index contributed by atoms with van der Waals surface area (Å²) in [6.45, 7) is 0. The number of fused-ring (bicyclic) bond motifs is 1. The lowest BCUT2D eigenvalue weighted by molar-refractivity contribution is 0.102. The van der Waals surface area contributed by atoms with E-state index in [4.69, 9.17) is 10.0 Å². The van der Waals surface area contributed by atoms with Crippen LogP contribution in [0, 0.1) is 0 Å². The molecule has 7 heteroatoms. The van der Waals surface area contributed by atoms with Gasteiger partial charge in [0.1, 0.15) is 5.56 Å². The largest absolute Gasteiger partial charge is 0.488 e. The Balaban J connectivity index is 1.93. The minimum absolute atomic E-state index is 0.0151. The summed E-state index contributed by atoms with van der Waals surface area (Å²) >= 11 is 0. The molecule has 1 amide bonds. The molecule has 0 unspecified atom stereocenters. The number of hydrogen-bond donors (Lipinski definition) is 4. The van der Waals surface area contributed by atoms with Crippen molar-refractivity contribution in [3.05, 3.63) is 70.5 Å². The molecule has 1 heterocycles. The molecule has 0 bridgehead atoms. The molecule has 0 fully saturated rings. The first-order valence-corrected chi connectivity index (χ1v) is 6.94. The van der Waals surface area contributed by atoms with Gasteiger partial charge in [-0.25, -0.2) is 0 Å². The van der Waals surface area contributed by atoms with Crippen molar-refractivity contribution in [3.8, 4) is 0 Å². The van der Waals surface area contributed by atoms with E-state index in [1.54, 1.807) is 30.3 Å². The number of carbonyl (C=O) groups is 1. The van der Waals surface area contributed by atoms with Crippen molar-refractivity contribution in [1.29, 1.82) is 0 Å². The first kappa shape index (κ1) is 15.0. The number of aromatic amines is 1. The summed E-state index contributed by atoms with van der Waals surface area (Å²) in [6, 6.07) is 14.8. The zero-order chi connectivity index (χ0) is 16.4. The fourth-order valence-corrected chi connectivity index (χ4v) is 2.29. The van der Waals surface area contributed by atoms with Crippen molar-refractivity contribution in [1.82, 2.24) is 4.98 Å². The summed E-state index contributed by atoms with van der Waals surface area (Å²) in [6.07, 6.45) is 0. The number of anilines is 1. The topological polar surface area (TPSA) is 102 Å². The number of rotatable bonds is 3. The van der Waals surface area contributed by atoms with Gasteiger partial charge in [-0.3, -0.25) is 9.59 Å². The molecule has 0 radical (unpaired) electrons. The molecule has 0 aliphatic carbocycles. The zero-order valence-electron chi connectivity index (χ0n) is 12.0. The van der Waals surface area contributed by atoms with Crippen LogP contribution in [-0.2, 0) is 0 Å². The van der Waals surface area contributed by atoms with Crippen molar-refractivity contribution in [3.63, 3.8) is 0 Å². The Kier molecular flexibility index (Phi) is 3.97. The Morgan fingerprint density at radius 2 is 1.83 bits per heavy atom. The van der Waals surface area contributed by atoms with Crippen LogP contribution < -0.4 is 16.3 Å². The standard InChI is InChI=1S/C16H13BN2O4/c20-15(18-12-6-3-5-11(9-12)17(22)23)13-8-10-4-1-2-7-14(10)19-16(13)21/h1-9,22-23H,(H,18,20)(H,19,21). The highest BCUT2D eigenvalue weighted by atomic mass is 16.4. The predicted octanol–water partition coefficient (Wildman–Crippen LogP) is 0.460. The molecule has 6 nitrogen and oxygen atoms in total. The molecule has 4 N–H and O–H groups in total. The molecule has 23 heavy (non-hydrogen) atoms. The molecule has 2 aromatic carbocycles. The number of carbonyl (C=O) groups excluding carboxylic acids is 1. The van der Waals surface area contributed by atoms with Gasteiger partial charge in [0.2, 0.25) is 0 Å². The summed E-state index contributed by atoms with van der Waals surface area (Å²) < 4.78 is 0. The maximum absolute atomic E-state index is 12.3. The number of aromatic nitrogens is 1. The van der Waals surface area contributed by atoms with Gasteiger partial charge >= 0.3 is 7.12 Å². The smallest absolute Gasteiger partial charge is 0.423 e. The van der Waals surface area contributed by atoms with E-state index in [2.05, 4.69) is 10.3 Å². The zero-order valence-corrected chi connectivity index (χ0v) is 12.0. The van der Waals surface area contributed by atoms with Crippen molar-refractivity contribution >= 4 is 35.1 Å².